The van der Waals surface area contributed by atoms with Crippen LogP contribution in [0.2, 0.25) is 0 Å². The number of carboxylic acid groups (broad SMARTS) is 2. The smallest absolute Gasteiger partial charge is 0.372 e. The summed E-state index contributed by atoms with van der Waals surface area (Å²) < 4.78 is 0. The molecule has 0 heterocycles. The van der Waals surface area contributed by atoms with Gasteiger partial charge in [-0.05, 0) is 12.8 Å². The highest BCUT2D eigenvalue weighted by Gasteiger charge is 2.11. The van der Waals surface area contributed by atoms with Crippen molar-refractivity contribution in [3.05, 3.63) is 0 Å². The molecule has 0 aromatic carbocycles. The van der Waals surface area contributed by atoms with E-state index < -0.39 is 23.8 Å². The molecule has 0 bridgehead atoms. The first-order valence-electron chi connectivity index (χ1n) is 4.43. The minimum Gasteiger partial charge on any atom is -0.480 e. The van der Waals surface area contributed by atoms with Crippen molar-refractivity contribution in [2.24, 2.45) is 11.7 Å². The molecule has 0 saturated heterocycles. The van der Waals surface area contributed by atoms with Crippen molar-refractivity contribution in [3.8, 4) is 0 Å². The van der Waals surface area contributed by atoms with Crippen LogP contribution in [0.15, 0.2) is 0 Å². The minimum atomic E-state index is -1.33. The first-order chi connectivity index (χ1) is 6.68. The fourth-order valence-corrected chi connectivity index (χ4v) is 0.458. The predicted octanol–water partition coefficient (Wildman–Crippen LogP) is 0.104. The van der Waals surface area contributed by atoms with Gasteiger partial charge < -0.3 is 15.9 Å². The van der Waals surface area contributed by atoms with Crippen LogP contribution in [0, 0.1) is 5.92 Å². The van der Waals surface area contributed by atoms with Crippen LogP contribution in [0.5, 0.6) is 0 Å². The third-order valence-corrected chi connectivity index (χ3v) is 1.22. The molecular formula is C9H17NO5. The number of hydrogen-bond acceptors (Lipinski definition) is 4. The highest BCUT2D eigenvalue weighted by molar-refractivity contribution is 6.32. The summed E-state index contributed by atoms with van der Waals surface area (Å²) >= 11 is 0. The molecule has 0 amide bonds. The molecule has 1 atom stereocenters. The zero-order valence-corrected chi connectivity index (χ0v) is 9.06. The number of rotatable bonds is 4. The van der Waals surface area contributed by atoms with Crippen molar-refractivity contribution in [1.82, 2.24) is 0 Å². The fourth-order valence-electron chi connectivity index (χ4n) is 0.458. The average molecular weight is 219 g/mol. The van der Waals surface area contributed by atoms with Crippen molar-refractivity contribution in [3.63, 3.8) is 0 Å². The molecule has 0 aliphatic heterocycles. The largest absolute Gasteiger partial charge is 0.480 e. The summed E-state index contributed by atoms with van der Waals surface area (Å²) in [6.45, 7) is 5.03. The number of carboxylic acids is 2. The third kappa shape index (κ3) is 12.6. The van der Waals surface area contributed by atoms with E-state index >= 15 is 0 Å². The summed E-state index contributed by atoms with van der Waals surface area (Å²) in [4.78, 5) is 29.8. The van der Waals surface area contributed by atoms with Crippen LogP contribution in [-0.4, -0.2) is 34.0 Å². The second kappa shape index (κ2) is 7.93. The maximum Gasteiger partial charge on any atom is 0.372 e. The van der Waals surface area contributed by atoms with Gasteiger partial charge in [-0.3, -0.25) is 9.59 Å². The van der Waals surface area contributed by atoms with Crippen molar-refractivity contribution in [1.29, 1.82) is 0 Å². The Balaban J connectivity index is 0. The molecule has 0 aromatic heterocycles. The van der Waals surface area contributed by atoms with Crippen LogP contribution in [0.3, 0.4) is 0 Å². The molecule has 6 nitrogen and oxygen atoms in total. The number of Topliss-reactive ketones (excluding diaryl/α,β-unsaturated/α-hetero) is 1. The molecule has 0 radical (unpaired) electrons. The van der Waals surface area contributed by atoms with E-state index in [1.165, 1.54) is 6.92 Å². The molecule has 0 fully saturated rings. The van der Waals surface area contributed by atoms with E-state index in [1.807, 2.05) is 0 Å². The van der Waals surface area contributed by atoms with E-state index in [1.54, 1.807) is 13.8 Å². The van der Waals surface area contributed by atoms with Gasteiger partial charge in [0.25, 0.3) is 0 Å². The molecule has 0 aromatic rings. The molecule has 4 N–H and O–H groups in total. The Bertz CT molecular complexity index is 235. The molecule has 0 saturated carbocycles. The van der Waals surface area contributed by atoms with Crippen molar-refractivity contribution >= 4 is 17.7 Å². The van der Waals surface area contributed by atoms with E-state index in [4.69, 9.17) is 15.9 Å². The van der Waals surface area contributed by atoms with E-state index in [2.05, 4.69) is 0 Å². The zero-order valence-electron chi connectivity index (χ0n) is 9.06. The van der Waals surface area contributed by atoms with Crippen LogP contribution in [0.4, 0.5) is 0 Å². The van der Waals surface area contributed by atoms with Crippen LogP contribution in [-0.2, 0) is 14.4 Å². The monoisotopic (exact) mass is 219 g/mol. The molecule has 88 valence electrons. The fraction of sp³-hybridized carbons (Fsp3) is 0.667. The van der Waals surface area contributed by atoms with Gasteiger partial charge in [0.2, 0.25) is 5.78 Å². The Labute approximate surface area is 88.1 Å². The van der Waals surface area contributed by atoms with Crippen LogP contribution in [0.1, 0.15) is 27.2 Å². The summed E-state index contributed by atoms with van der Waals surface area (Å²) in [5.74, 6) is -2.86. The predicted molar refractivity (Wildman–Crippen MR) is 53.4 cm³/mol. The number of ketones is 1. The van der Waals surface area contributed by atoms with Gasteiger partial charge in [0.05, 0.1) is 0 Å². The average Bonchev–Trinajstić information content (AvgIpc) is 2.03. The first kappa shape index (κ1) is 16.0. The van der Waals surface area contributed by atoms with Crippen LogP contribution in [0.25, 0.3) is 0 Å². The summed E-state index contributed by atoms with van der Waals surface area (Å²) in [5, 5.41) is 15.9. The standard InChI is InChI=1S/C6H10O3.C3H7NO2/c1-4(2)3-5(7)6(8)9;1-2(4)3(5)6/h4H,3H2,1-2H3,(H,8,9);2H,4H2,1H3,(H,5,6)/t;2-/m.0/s1. The Morgan fingerprint density at radius 3 is 1.53 bits per heavy atom. The number of carbonyl (C=O) groups is 3. The number of aliphatic carboxylic acids is 2. The van der Waals surface area contributed by atoms with Crippen LogP contribution < -0.4 is 5.73 Å². The van der Waals surface area contributed by atoms with Gasteiger partial charge >= 0.3 is 11.9 Å². The van der Waals surface area contributed by atoms with Gasteiger partial charge in [0.1, 0.15) is 6.04 Å². The first-order valence-corrected chi connectivity index (χ1v) is 4.43. The van der Waals surface area contributed by atoms with Gasteiger partial charge in [-0.1, -0.05) is 13.8 Å². The summed E-state index contributed by atoms with van der Waals surface area (Å²) in [6, 6.07) is -0.731. The lowest BCUT2D eigenvalue weighted by Crippen LogP contribution is -2.25. The summed E-state index contributed by atoms with van der Waals surface area (Å²) in [7, 11) is 0. The highest BCUT2D eigenvalue weighted by atomic mass is 16.4. The normalized spacial score (nSPS) is 11.3. The third-order valence-electron chi connectivity index (χ3n) is 1.22. The molecule has 0 unspecified atom stereocenters. The number of nitrogens with two attached hydrogens (primary N) is 1. The van der Waals surface area contributed by atoms with E-state index in [9.17, 15) is 14.4 Å². The van der Waals surface area contributed by atoms with Gasteiger partial charge in [0, 0.05) is 6.42 Å². The minimum absolute atomic E-state index is 0.133. The molecule has 6 heteroatoms. The molecule has 0 aliphatic carbocycles. The second-order valence-corrected chi connectivity index (χ2v) is 3.45. The van der Waals surface area contributed by atoms with Gasteiger partial charge in [-0.15, -0.1) is 0 Å². The highest BCUT2D eigenvalue weighted by Crippen LogP contribution is 1.99. The number of carbonyl (C=O) groups excluding carboxylic acids is 1. The quantitative estimate of drug-likeness (QED) is 0.577. The van der Waals surface area contributed by atoms with E-state index in [-0.39, 0.29) is 12.3 Å². The lowest BCUT2D eigenvalue weighted by atomic mass is 10.1. The Kier molecular flexibility index (Phi) is 8.46. The Morgan fingerprint density at radius 1 is 1.13 bits per heavy atom. The van der Waals surface area contributed by atoms with Gasteiger partial charge in [-0.25, -0.2) is 4.79 Å². The van der Waals surface area contributed by atoms with Gasteiger partial charge in [0.15, 0.2) is 0 Å². The second-order valence-electron chi connectivity index (χ2n) is 3.45. The topological polar surface area (TPSA) is 118 Å². The SMILES string of the molecule is CC(C)CC(=O)C(=O)O.C[C@H](N)C(=O)O. The molecule has 0 aliphatic rings. The van der Waals surface area contributed by atoms with Gasteiger partial charge in [-0.2, -0.15) is 0 Å². The van der Waals surface area contributed by atoms with Crippen molar-refractivity contribution < 1.29 is 24.6 Å². The maximum atomic E-state index is 10.4. The van der Waals surface area contributed by atoms with E-state index in [0.29, 0.717) is 0 Å². The summed E-state index contributed by atoms with van der Waals surface area (Å²) in [5.41, 5.74) is 4.84. The molecule has 15 heavy (non-hydrogen) atoms. The lowest BCUT2D eigenvalue weighted by molar-refractivity contribution is -0.149. The molecule has 0 spiro atoms. The lowest BCUT2D eigenvalue weighted by Gasteiger charge is -1.97. The Hall–Kier alpha value is -1.43. The number of hydrogen-bond donors (Lipinski definition) is 3. The Morgan fingerprint density at radius 2 is 1.47 bits per heavy atom. The van der Waals surface area contributed by atoms with Crippen molar-refractivity contribution in [2.75, 3.05) is 0 Å². The van der Waals surface area contributed by atoms with Crippen molar-refractivity contribution in [2.45, 2.75) is 33.2 Å². The summed E-state index contributed by atoms with van der Waals surface area (Å²) in [6.07, 6.45) is 0.134. The molecule has 0 rings (SSSR count). The van der Waals surface area contributed by atoms with E-state index in [0.717, 1.165) is 0 Å². The zero-order chi connectivity index (χ0) is 12.6. The van der Waals surface area contributed by atoms with Crippen LogP contribution >= 0.6 is 0 Å². The maximum absolute atomic E-state index is 10.4. The molecular weight excluding hydrogens is 202 g/mol.